The summed E-state index contributed by atoms with van der Waals surface area (Å²) in [5, 5.41) is 0.408. The number of pyridine rings is 1. The first kappa shape index (κ1) is 12.4. The molecule has 2 aromatic rings. The number of rotatable bonds is 3. The molecule has 0 aliphatic heterocycles. The van der Waals surface area contributed by atoms with Gasteiger partial charge in [0, 0.05) is 11.8 Å². The molecule has 0 spiro atoms. The number of hydrogen-bond acceptors (Lipinski definition) is 4. The lowest BCUT2D eigenvalue weighted by molar-refractivity contribution is 0.0478. The van der Waals surface area contributed by atoms with E-state index in [4.69, 9.17) is 27.9 Å². The summed E-state index contributed by atoms with van der Waals surface area (Å²) in [6.07, 6.45) is 1.57. The fourth-order valence-corrected chi connectivity index (χ4v) is 2.18. The maximum absolute atomic E-state index is 11.6. The lowest BCUT2D eigenvalue weighted by Crippen LogP contribution is -2.03. The molecule has 0 bridgehead atoms. The van der Waals surface area contributed by atoms with Crippen LogP contribution in [0.3, 0.4) is 0 Å². The summed E-state index contributed by atoms with van der Waals surface area (Å²) in [6.45, 7) is 0.165. The molecular weight excluding hydrogens is 281 g/mol. The lowest BCUT2D eigenvalue weighted by atomic mass is 10.3. The number of nitrogens with zero attached hydrogens (tertiary/aromatic N) is 1. The molecule has 2 heterocycles. The highest BCUT2D eigenvalue weighted by Gasteiger charge is 2.10. The van der Waals surface area contributed by atoms with Crippen molar-refractivity contribution in [2.24, 2.45) is 0 Å². The molecular formula is C11H7Cl2NO2S. The standard InChI is InChI=1S/C11H7Cl2NO2S/c12-9-3-1-7(5-14-9)6-16-11(15)8-2-4-10(13)17-8/h1-5H,6H2. The molecule has 3 nitrogen and oxygen atoms in total. The third kappa shape index (κ3) is 3.43. The molecule has 0 unspecified atom stereocenters. The largest absolute Gasteiger partial charge is 0.457 e. The summed E-state index contributed by atoms with van der Waals surface area (Å²) < 4.78 is 5.66. The normalized spacial score (nSPS) is 10.2. The van der Waals surface area contributed by atoms with Crippen molar-refractivity contribution in [3.8, 4) is 0 Å². The molecule has 0 amide bonds. The second kappa shape index (κ2) is 5.49. The monoisotopic (exact) mass is 287 g/mol. The highest BCUT2D eigenvalue weighted by Crippen LogP contribution is 2.22. The minimum atomic E-state index is -0.392. The molecule has 0 fully saturated rings. The summed E-state index contributed by atoms with van der Waals surface area (Å²) in [6, 6.07) is 6.69. The van der Waals surface area contributed by atoms with Gasteiger partial charge in [-0.05, 0) is 18.2 Å². The number of thiophene rings is 1. The maximum atomic E-state index is 11.6. The molecule has 88 valence electrons. The Morgan fingerprint density at radius 3 is 2.71 bits per heavy atom. The number of ether oxygens (including phenoxy) is 1. The molecule has 6 heteroatoms. The Morgan fingerprint density at radius 2 is 2.12 bits per heavy atom. The number of hydrogen-bond donors (Lipinski definition) is 0. The van der Waals surface area contributed by atoms with Gasteiger partial charge in [0.05, 0.1) is 4.34 Å². The van der Waals surface area contributed by atoms with Gasteiger partial charge in [0.25, 0.3) is 0 Å². The number of carbonyl (C=O) groups is 1. The lowest BCUT2D eigenvalue weighted by Gasteiger charge is -2.02. The smallest absolute Gasteiger partial charge is 0.348 e. The second-order valence-corrected chi connectivity index (χ2v) is 5.27. The van der Waals surface area contributed by atoms with E-state index in [1.165, 1.54) is 11.3 Å². The number of carbonyl (C=O) groups excluding carboxylic acids is 1. The van der Waals surface area contributed by atoms with Crippen LogP contribution in [0.1, 0.15) is 15.2 Å². The van der Waals surface area contributed by atoms with E-state index in [2.05, 4.69) is 4.98 Å². The van der Waals surface area contributed by atoms with E-state index in [0.717, 1.165) is 5.56 Å². The van der Waals surface area contributed by atoms with Crippen molar-refractivity contribution in [3.05, 3.63) is 50.4 Å². The average Bonchev–Trinajstić information content (AvgIpc) is 2.75. The molecule has 0 atom stereocenters. The van der Waals surface area contributed by atoms with Gasteiger partial charge in [0.1, 0.15) is 16.6 Å². The first-order valence-electron chi connectivity index (χ1n) is 4.68. The Bertz CT molecular complexity index is 525. The number of halogens is 2. The average molecular weight is 288 g/mol. The molecule has 2 rings (SSSR count). The van der Waals surface area contributed by atoms with E-state index < -0.39 is 5.97 Å². The second-order valence-electron chi connectivity index (χ2n) is 3.17. The highest BCUT2D eigenvalue weighted by atomic mass is 35.5. The van der Waals surface area contributed by atoms with E-state index in [1.807, 2.05) is 0 Å². The van der Waals surface area contributed by atoms with Crippen LogP contribution >= 0.6 is 34.5 Å². The number of aromatic nitrogens is 1. The summed E-state index contributed by atoms with van der Waals surface area (Å²) in [7, 11) is 0. The zero-order valence-electron chi connectivity index (χ0n) is 8.52. The van der Waals surface area contributed by atoms with Crippen LogP contribution in [-0.2, 0) is 11.3 Å². The zero-order valence-corrected chi connectivity index (χ0v) is 10.9. The van der Waals surface area contributed by atoms with Crippen molar-refractivity contribution in [2.45, 2.75) is 6.61 Å². The summed E-state index contributed by atoms with van der Waals surface area (Å²) >= 11 is 12.6. The molecule has 2 aromatic heterocycles. The minimum absolute atomic E-state index is 0.165. The predicted octanol–water partition coefficient (Wildman–Crippen LogP) is 3.81. The quantitative estimate of drug-likeness (QED) is 0.637. The zero-order chi connectivity index (χ0) is 12.3. The summed E-state index contributed by atoms with van der Waals surface area (Å²) in [5.74, 6) is -0.392. The van der Waals surface area contributed by atoms with Gasteiger partial charge in [-0.1, -0.05) is 29.3 Å². The molecule has 0 aromatic carbocycles. The van der Waals surface area contributed by atoms with Crippen molar-refractivity contribution < 1.29 is 9.53 Å². The fraction of sp³-hybridized carbons (Fsp3) is 0.0909. The highest BCUT2D eigenvalue weighted by molar-refractivity contribution is 7.17. The van der Waals surface area contributed by atoms with Gasteiger partial charge in [-0.2, -0.15) is 0 Å². The topological polar surface area (TPSA) is 39.2 Å². The molecule has 0 N–H and O–H groups in total. The van der Waals surface area contributed by atoms with Crippen LogP contribution in [0.5, 0.6) is 0 Å². The first-order chi connectivity index (χ1) is 8.15. The van der Waals surface area contributed by atoms with Crippen molar-refractivity contribution in [1.82, 2.24) is 4.98 Å². The molecule has 0 radical (unpaired) electrons. The molecule has 0 saturated carbocycles. The Balaban J connectivity index is 1.94. The van der Waals surface area contributed by atoms with Crippen LogP contribution in [0.25, 0.3) is 0 Å². The maximum Gasteiger partial charge on any atom is 0.348 e. The van der Waals surface area contributed by atoms with Gasteiger partial charge in [-0.25, -0.2) is 9.78 Å². The van der Waals surface area contributed by atoms with E-state index in [1.54, 1.807) is 30.5 Å². The Morgan fingerprint density at radius 1 is 1.29 bits per heavy atom. The minimum Gasteiger partial charge on any atom is -0.457 e. The first-order valence-corrected chi connectivity index (χ1v) is 6.25. The van der Waals surface area contributed by atoms with Gasteiger partial charge in [-0.15, -0.1) is 11.3 Å². The molecule has 0 saturated heterocycles. The molecule has 17 heavy (non-hydrogen) atoms. The van der Waals surface area contributed by atoms with Gasteiger partial charge in [0.2, 0.25) is 0 Å². The summed E-state index contributed by atoms with van der Waals surface area (Å²) in [4.78, 5) is 16.0. The molecule has 0 aliphatic rings. The van der Waals surface area contributed by atoms with E-state index >= 15 is 0 Å². The Hall–Kier alpha value is -1.10. The van der Waals surface area contributed by atoms with Crippen molar-refractivity contribution >= 4 is 40.5 Å². The van der Waals surface area contributed by atoms with Crippen LogP contribution in [0, 0.1) is 0 Å². The van der Waals surface area contributed by atoms with Gasteiger partial charge in [-0.3, -0.25) is 0 Å². The van der Waals surface area contributed by atoms with Crippen LogP contribution in [-0.4, -0.2) is 11.0 Å². The van der Waals surface area contributed by atoms with E-state index in [9.17, 15) is 4.79 Å². The van der Waals surface area contributed by atoms with Crippen molar-refractivity contribution in [3.63, 3.8) is 0 Å². The van der Waals surface area contributed by atoms with E-state index in [-0.39, 0.29) is 6.61 Å². The molecule has 0 aliphatic carbocycles. The van der Waals surface area contributed by atoms with Crippen molar-refractivity contribution in [2.75, 3.05) is 0 Å². The number of esters is 1. The Kier molecular flexibility index (Phi) is 3.99. The van der Waals surface area contributed by atoms with Crippen molar-refractivity contribution in [1.29, 1.82) is 0 Å². The third-order valence-corrected chi connectivity index (χ3v) is 3.37. The van der Waals surface area contributed by atoms with Gasteiger partial charge >= 0.3 is 5.97 Å². The third-order valence-electron chi connectivity index (χ3n) is 1.93. The van der Waals surface area contributed by atoms with E-state index in [0.29, 0.717) is 14.4 Å². The predicted molar refractivity (Wildman–Crippen MR) is 67.7 cm³/mol. The van der Waals surface area contributed by atoms with Crippen LogP contribution in [0.2, 0.25) is 9.49 Å². The van der Waals surface area contributed by atoms with Crippen LogP contribution in [0.4, 0.5) is 0 Å². The van der Waals surface area contributed by atoms with Crippen LogP contribution < -0.4 is 0 Å². The van der Waals surface area contributed by atoms with Crippen LogP contribution in [0.15, 0.2) is 30.5 Å². The Labute approximate surface area is 112 Å². The van der Waals surface area contributed by atoms with Gasteiger partial charge in [0.15, 0.2) is 0 Å². The SMILES string of the molecule is O=C(OCc1ccc(Cl)nc1)c1ccc(Cl)s1. The fourth-order valence-electron chi connectivity index (χ4n) is 1.14. The van der Waals surface area contributed by atoms with Gasteiger partial charge < -0.3 is 4.74 Å². The summed E-state index contributed by atoms with van der Waals surface area (Å²) in [5.41, 5.74) is 0.783.